The first-order valence-electron chi connectivity index (χ1n) is 12.2. The van der Waals surface area contributed by atoms with Crippen LogP contribution in [0.2, 0.25) is 0 Å². The molecule has 2 aliphatic heterocycles. The summed E-state index contributed by atoms with van der Waals surface area (Å²) < 4.78 is 15.6. The fourth-order valence-corrected chi connectivity index (χ4v) is 5.02. The molecule has 0 bridgehead atoms. The van der Waals surface area contributed by atoms with E-state index in [1.807, 2.05) is 46.2 Å². The number of carbonyl (C=O) groups is 1. The first kappa shape index (κ1) is 23.1. The highest BCUT2D eigenvalue weighted by molar-refractivity contribution is 5.80. The predicted octanol–water partition coefficient (Wildman–Crippen LogP) is 3.00. The van der Waals surface area contributed by atoms with Crippen molar-refractivity contribution in [2.24, 2.45) is 5.92 Å². The summed E-state index contributed by atoms with van der Waals surface area (Å²) in [4.78, 5) is 32.0. The Kier molecular flexibility index (Phi) is 6.79. The van der Waals surface area contributed by atoms with E-state index in [1.54, 1.807) is 24.4 Å². The lowest BCUT2D eigenvalue weighted by molar-refractivity contribution is -0.136. The van der Waals surface area contributed by atoms with Gasteiger partial charge in [0.1, 0.15) is 5.82 Å². The lowest BCUT2D eigenvalue weighted by atomic mass is 9.96. The Balaban J connectivity index is 1.20. The fraction of sp³-hybridized carbons (Fsp3) is 0.370. The van der Waals surface area contributed by atoms with Crippen molar-refractivity contribution in [3.05, 3.63) is 88.6 Å². The van der Waals surface area contributed by atoms with Gasteiger partial charge in [-0.15, -0.1) is 0 Å². The molecule has 3 aromatic rings. The van der Waals surface area contributed by atoms with Gasteiger partial charge in [-0.1, -0.05) is 42.5 Å². The number of amides is 1. The van der Waals surface area contributed by atoms with Crippen molar-refractivity contribution in [1.82, 2.24) is 14.7 Å². The second-order valence-corrected chi connectivity index (χ2v) is 9.24. The second kappa shape index (κ2) is 10.3. The van der Waals surface area contributed by atoms with Gasteiger partial charge in [0, 0.05) is 45.3 Å². The molecule has 0 saturated carbocycles. The van der Waals surface area contributed by atoms with Gasteiger partial charge >= 0.3 is 0 Å². The smallest absolute Gasteiger partial charge is 0.269 e. The van der Waals surface area contributed by atoms with Crippen LogP contribution in [0.1, 0.15) is 18.4 Å². The van der Waals surface area contributed by atoms with E-state index in [1.165, 1.54) is 10.7 Å². The summed E-state index contributed by atoms with van der Waals surface area (Å²) >= 11 is 0. The number of halogens is 1. The SMILES string of the molecule is O=C([C@@H]1CCCN(c2cnn(Cc3ccccc3)c(=O)c2)C1)N1CCN(c2ccccc2F)CC1. The van der Waals surface area contributed by atoms with Crippen LogP contribution in [0.15, 0.2) is 71.7 Å². The van der Waals surface area contributed by atoms with E-state index in [0.717, 1.165) is 30.6 Å². The van der Waals surface area contributed by atoms with Crippen molar-refractivity contribution in [3.8, 4) is 0 Å². The third-order valence-electron chi connectivity index (χ3n) is 6.95. The second-order valence-electron chi connectivity index (χ2n) is 9.24. The van der Waals surface area contributed by atoms with Crippen LogP contribution in [-0.4, -0.2) is 59.9 Å². The minimum Gasteiger partial charge on any atom is -0.369 e. The predicted molar refractivity (Wildman–Crippen MR) is 134 cm³/mol. The van der Waals surface area contributed by atoms with Crippen LogP contribution in [0.25, 0.3) is 0 Å². The van der Waals surface area contributed by atoms with Gasteiger partial charge in [0.25, 0.3) is 5.56 Å². The average Bonchev–Trinajstić information content (AvgIpc) is 2.90. The summed E-state index contributed by atoms with van der Waals surface area (Å²) in [6.07, 6.45) is 3.45. The van der Waals surface area contributed by atoms with Gasteiger partial charge in [-0.05, 0) is 30.5 Å². The molecule has 182 valence electrons. The Hall–Kier alpha value is -3.68. The molecule has 2 fully saturated rings. The number of piperidine rings is 1. The van der Waals surface area contributed by atoms with Gasteiger partial charge < -0.3 is 14.7 Å². The lowest BCUT2D eigenvalue weighted by Gasteiger charge is -2.40. The zero-order valence-corrected chi connectivity index (χ0v) is 19.7. The molecular formula is C27H30FN5O2. The van der Waals surface area contributed by atoms with Gasteiger partial charge in [-0.2, -0.15) is 5.10 Å². The number of para-hydroxylation sites is 1. The molecule has 0 radical (unpaired) electrons. The van der Waals surface area contributed by atoms with Crippen molar-refractivity contribution in [1.29, 1.82) is 0 Å². The largest absolute Gasteiger partial charge is 0.369 e. The van der Waals surface area contributed by atoms with E-state index in [0.29, 0.717) is 45.0 Å². The Bertz CT molecular complexity index is 1220. The Morgan fingerprint density at radius 3 is 2.43 bits per heavy atom. The van der Waals surface area contributed by atoms with Crippen molar-refractivity contribution in [2.45, 2.75) is 19.4 Å². The number of anilines is 2. The molecule has 35 heavy (non-hydrogen) atoms. The number of benzene rings is 2. The third-order valence-corrected chi connectivity index (χ3v) is 6.95. The van der Waals surface area contributed by atoms with E-state index < -0.39 is 0 Å². The van der Waals surface area contributed by atoms with E-state index in [9.17, 15) is 14.0 Å². The van der Waals surface area contributed by atoms with Crippen LogP contribution in [0.4, 0.5) is 15.8 Å². The highest BCUT2D eigenvalue weighted by Gasteiger charge is 2.31. The standard InChI is InChI=1S/C27H30FN5O2/c28-24-10-4-5-11-25(24)30-13-15-31(16-14-30)27(35)22-9-6-12-32(20-22)23-17-26(34)33(29-18-23)19-21-7-2-1-3-8-21/h1-5,7-8,10-11,17-18,22H,6,9,12-16,19-20H2/t22-/m1/s1. The number of hydrogen-bond donors (Lipinski definition) is 0. The van der Waals surface area contributed by atoms with E-state index in [-0.39, 0.29) is 23.2 Å². The van der Waals surface area contributed by atoms with Crippen LogP contribution in [0, 0.1) is 11.7 Å². The van der Waals surface area contributed by atoms with Crippen molar-refractivity contribution in [2.75, 3.05) is 49.1 Å². The summed E-state index contributed by atoms with van der Waals surface area (Å²) in [5.41, 5.74) is 2.23. The summed E-state index contributed by atoms with van der Waals surface area (Å²) in [6, 6.07) is 18.2. The monoisotopic (exact) mass is 475 g/mol. The molecule has 8 heteroatoms. The van der Waals surface area contributed by atoms with E-state index in [4.69, 9.17) is 0 Å². The maximum Gasteiger partial charge on any atom is 0.269 e. The minimum absolute atomic E-state index is 0.115. The maximum atomic E-state index is 14.1. The zero-order valence-electron chi connectivity index (χ0n) is 19.7. The number of aromatic nitrogens is 2. The van der Waals surface area contributed by atoms with Crippen molar-refractivity contribution >= 4 is 17.3 Å². The minimum atomic E-state index is -0.227. The van der Waals surface area contributed by atoms with E-state index >= 15 is 0 Å². The molecule has 0 aliphatic carbocycles. The van der Waals surface area contributed by atoms with Crippen LogP contribution in [0.3, 0.4) is 0 Å². The highest BCUT2D eigenvalue weighted by Crippen LogP contribution is 2.25. The molecule has 7 nitrogen and oxygen atoms in total. The molecule has 0 spiro atoms. The zero-order chi connectivity index (χ0) is 24.2. The molecule has 0 unspecified atom stereocenters. The topological polar surface area (TPSA) is 61.7 Å². The number of carbonyl (C=O) groups excluding carboxylic acids is 1. The summed E-state index contributed by atoms with van der Waals surface area (Å²) in [7, 11) is 0. The molecule has 1 aromatic heterocycles. The molecular weight excluding hydrogens is 445 g/mol. The first-order chi connectivity index (χ1) is 17.1. The van der Waals surface area contributed by atoms with Gasteiger partial charge in [0.2, 0.25) is 5.91 Å². The quantitative estimate of drug-likeness (QED) is 0.568. The summed E-state index contributed by atoms with van der Waals surface area (Å²) in [5.74, 6) is -0.196. The van der Waals surface area contributed by atoms with Crippen LogP contribution >= 0.6 is 0 Å². The van der Waals surface area contributed by atoms with Gasteiger partial charge in [-0.25, -0.2) is 9.07 Å². The normalized spacial score (nSPS) is 18.5. The Morgan fingerprint density at radius 1 is 0.943 bits per heavy atom. The third kappa shape index (κ3) is 5.21. The van der Waals surface area contributed by atoms with Crippen molar-refractivity contribution in [3.63, 3.8) is 0 Å². The molecule has 5 rings (SSSR count). The maximum absolute atomic E-state index is 14.1. The number of piperazine rings is 1. The van der Waals surface area contributed by atoms with Crippen LogP contribution in [0.5, 0.6) is 0 Å². The molecule has 0 N–H and O–H groups in total. The summed E-state index contributed by atoms with van der Waals surface area (Å²) in [5, 5.41) is 4.38. The van der Waals surface area contributed by atoms with E-state index in [2.05, 4.69) is 10.00 Å². The highest BCUT2D eigenvalue weighted by atomic mass is 19.1. The molecule has 2 aromatic carbocycles. The number of nitrogens with zero attached hydrogens (tertiary/aromatic N) is 5. The number of hydrogen-bond acceptors (Lipinski definition) is 5. The van der Waals surface area contributed by atoms with Crippen molar-refractivity contribution < 1.29 is 9.18 Å². The molecule has 2 aliphatic rings. The number of rotatable bonds is 5. The van der Waals surface area contributed by atoms with Gasteiger partial charge in [0.15, 0.2) is 0 Å². The lowest BCUT2D eigenvalue weighted by Crippen LogP contribution is -2.52. The van der Waals surface area contributed by atoms with Gasteiger partial charge in [-0.3, -0.25) is 9.59 Å². The molecule has 1 amide bonds. The molecule has 1 atom stereocenters. The van der Waals surface area contributed by atoms with Crippen LogP contribution < -0.4 is 15.4 Å². The molecule has 3 heterocycles. The average molecular weight is 476 g/mol. The van der Waals surface area contributed by atoms with Gasteiger partial charge in [0.05, 0.1) is 30.0 Å². The first-order valence-corrected chi connectivity index (χ1v) is 12.2. The Morgan fingerprint density at radius 2 is 1.69 bits per heavy atom. The summed E-state index contributed by atoms with van der Waals surface area (Å²) in [6.45, 7) is 4.21. The molecule has 2 saturated heterocycles. The van der Waals surface area contributed by atoms with Crippen LogP contribution in [-0.2, 0) is 11.3 Å². The Labute approximate surface area is 204 Å². The fourth-order valence-electron chi connectivity index (χ4n) is 5.02.